The Morgan fingerprint density at radius 1 is 1.11 bits per heavy atom. The first-order chi connectivity index (χ1) is 17.8. The van der Waals surface area contributed by atoms with E-state index in [-0.39, 0.29) is 41.5 Å². The van der Waals surface area contributed by atoms with Crippen molar-refractivity contribution in [3.63, 3.8) is 0 Å². The highest BCUT2D eigenvalue weighted by Crippen LogP contribution is 2.75. The number of methoxy groups -OCH3 is 1. The lowest BCUT2D eigenvalue weighted by atomic mass is 9.43. The highest BCUT2D eigenvalue weighted by molar-refractivity contribution is 6.67. The van der Waals surface area contributed by atoms with Crippen LogP contribution in [0.1, 0.15) is 57.6 Å². The van der Waals surface area contributed by atoms with E-state index in [2.05, 4.69) is 12.1 Å². The Bertz CT molecular complexity index is 1170. The lowest BCUT2D eigenvalue weighted by Crippen LogP contribution is -2.70. The van der Waals surface area contributed by atoms with Gasteiger partial charge in [0.25, 0.3) is 0 Å². The number of fused-ring (bicyclic) bond motifs is 1. The number of alkyl halides is 3. The highest BCUT2D eigenvalue weighted by atomic mass is 35.6. The number of amides is 2. The number of piperidine rings is 1. The average Bonchev–Trinajstić information content (AvgIpc) is 3.27. The third-order valence-electron chi connectivity index (χ3n) is 9.92. The molecule has 208 valence electrons. The number of likely N-dealkylation sites (tertiary alicyclic amines) is 2. The number of hydrogen-bond donors (Lipinski definition) is 0. The van der Waals surface area contributed by atoms with Crippen molar-refractivity contribution in [2.75, 3.05) is 26.8 Å². The highest BCUT2D eigenvalue weighted by Gasteiger charge is 2.77. The summed E-state index contributed by atoms with van der Waals surface area (Å²) in [5.41, 5.74) is 1.82. The van der Waals surface area contributed by atoms with Crippen LogP contribution in [-0.2, 0) is 21.3 Å². The fraction of sp³-hybridized carbons (Fsp3) is 0.714. The topological polar surface area (TPSA) is 68.3 Å². The normalized spacial score (nSPS) is 34.9. The van der Waals surface area contributed by atoms with Gasteiger partial charge in [-0.3, -0.25) is 0 Å². The van der Waals surface area contributed by atoms with Crippen LogP contribution in [0.2, 0.25) is 0 Å². The van der Waals surface area contributed by atoms with Gasteiger partial charge in [-0.25, -0.2) is 9.59 Å². The Morgan fingerprint density at radius 3 is 2.55 bits per heavy atom. The Balaban J connectivity index is 1.41. The van der Waals surface area contributed by atoms with Crippen molar-refractivity contribution in [3.05, 3.63) is 29.3 Å². The maximum atomic E-state index is 13.5. The maximum Gasteiger partial charge on any atom is 0.410 e. The second-order valence-electron chi connectivity index (χ2n) is 12.7. The first kappa shape index (κ1) is 26.6. The molecule has 0 aromatic heterocycles. The zero-order valence-corrected chi connectivity index (χ0v) is 24.5. The van der Waals surface area contributed by atoms with Gasteiger partial charge in [0.2, 0.25) is 3.79 Å². The van der Waals surface area contributed by atoms with Crippen LogP contribution < -0.4 is 4.74 Å². The molecule has 0 N–H and O–H groups in total. The molecule has 2 saturated heterocycles. The number of carbonyl (C=O) groups excluding carboxylic acids is 2. The first-order valence-electron chi connectivity index (χ1n) is 13.5. The summed E-state index contributed by atoms with van der Waals surface area (Å²) in [6, 6.07) is 6.50. The monoisotopic (exact) mass is 584 g/mol. The molecule has 2 aliphatic heterocycles. The van der Waals surface area contributed by atoms with Crippen LogP contribution >= 0.6 is 34.8 Å². The van der Waals surface area contributed by atoms with Gasteiger partial charge in [0.1, 0.15) is 18.0 Å². The average molecular weight is 586 g/mol. The van der Waals surface area contributed by atoms with Gasteiger partial charge in [-0.05, 0) is 88.0 Å². The number of rotatable bonds is 2. The number of benzene rings is 1. The molecular weight excluding hydrogens is 551 g/mol. The molecular formula is C28H35Cl3N2O5. The van der Waals surface area contributed by atoms with Crippen molar-refractivity contribution in [2.45, 2.75) is 79.8 Å². The van der Waals surface area contributed by atoms with Crippen molar-refractivity contribution < 1.29 is 23.8 Å². The minimum Gasteiger partial charge on any atom is -0.497 e. The van der Waals surface area contributed by atoms with E-state index in [9.17, 15) is 9.59 Å². The largest absolute Gasteiger partial charge is 0.497 e. The molecule has 7 nitrogen and oxygen atoms in total. The fourth-order valence-electron chi connectivity index (χ4n) is 9.09. The van der Waals surface area contributed by atoms with E-state index in [0.29, 0.717) is 19.0 Å². The van der Waals surface area contributed by atoms with Crippen LogP contribution in [0.15, 0.2) is 18.2 Å². The van der Waals surface area contributed by atoms with E-state index < -0.39 is 15.5 Å². The van der Waals surface area contributed by atoms with Gasteiger partial charge in [0.15, 0.2) is 0 Å². The summed E-state index contributed by atoms with van der Waals surface area (Å²) in [6.45, 7) is 6.73. The molecule has 2 heterocycles. The van der Waals surface area contributed by atoms with Crippen molar-refractivity contribution in [1.82, 2.24) is 9.80 Å². The van der Waals surface area contributed by atoms with Crippen molar-refractivity contribution in [2.24, 2.45) is 17.3 Å². The third-order valence-corrected chi connectivity index (χ3v) is 10.2. The van der Waals surface area contributed by atoms with Crippen molar-refractivity contribution in [1.29, 1.82) is 0 Å². The molecule has 4 bridgehead atoms. The summed E-state index contributed by atoms with van der Waals surface area (Å²) < 4.78 is 15.4. The van der Waals surface area contributed by atoms with E-state index in [1.54, 1.807) is 7.11 Å². The number of halogens is 3. The number of ether oxygens (including phenoxy) is 3. The fourth-order valence-corrected chi connectivity index (χ4v) is 9.26. The lowest BCUT2D eigenvalue weighted by Gasteiger charge is -2.66. The van der Waals surface area contributed by atoms with E-state index in [0.717, 1.165) is 37.9 Å². The SMILES string of the molecule is COc1ccc2c(c1)[C@]13CCN(C(=O)OC(C)(C)C)[C@H](C2)[C@]12CCC1C3[C@@H](CN1C(=O)OCC(Cl)(Cl)Cl)C2. The molecule has 6 atom stereocenters. The van der Waals surface area contributed by atoms with Crippen LogP contribution in [-0.4, -0.2) is 70.3 Å². The Labute approximate surface area is 239 Å². The van der Waals surface area contributed by atoms with Crippen LogP contribution in [0.4, 0.5) is 9.59 Å². The predicted molar refractivity (Wildman–Crippen MR) is 145 cm³/mol. The molecule has 5 aliphatic rings. The summed E-state index contributed by atoms with van der Waals surface area (Å²) in [4.78, 5) is 30.6. The van der Waals surface area contributed by atoms with E-state index in [1.807, 2.05) is 36.6 Å². The molecule has 0 radical (unpaired) electrons. The van der Waals surface area contributed by atoms with Gasteiger partial charge >= 0.3 is 12.2 Å². The van der Waals surface area contributed by atoms with Crippen molar-refractivity contribution >= 4 is 47.0 Å². The van der Waals surface area contributed by atoms with E-state index in [1.165, 1.54) is 11.1 Å². The van der Waals surface area contributed by atoms with Gasteiger partial charge in [0, 0.05) is 36.0 Å². The molecule has 2 saturated carbocycles. The number of carbonyl (C=O) groups is 2. The third kappa shape index (κ3) is 3.81. The lowest BCUT2D eigenvalue weighted by molar-refractivity contribution is -0.101. The van der Waals surface area contributed by atoms with Gasteiger partial charge in [-0.15, -0.1) is 0 Å². The van der Waals surface area contributed by atoms with Gasteiger partial charge < -0.3 is 24.0 Å². The van der Waals surface area contributed by atoms with Crippen molar-refractivity contribution in [3.8, 4) is 5.75 Å². The Hall–Kier alpha value is -1.57. The van der Waals surface area contributed by atoms with E-state index in [4.69, 9.17) is 49.0 Å². The summed E-state index contributed by atoms with van der Waals surface area (Å²) >= 11 is 17.6. The molecule has 4 fully saturated rings. The molecule has 2 amide bonds. The van der Waals surface area contributed by atoms with Crippen LogP contribution in [0.5, 0.6) is 5.75 Å². The molecule has 1 aromatic rings. The summed E-state index contributed by atoms with van der Waals surface area (Å²) in [5, 5.41) is 0. The summed E-state index contributed by atoms with van der Waals surface area (Å²) in [7, 11) is 1.70. The second-order valence-corrected chi connectivity index (χ2v) is 15.2. The molecule has 2 unspecified atom stereocenters. The molecule has 10 heteroatoms. The summed E-state index contributed by atoms with van der Waals surface area (Å²) in [6.07, 6.45) is 3.76. The van der Waals surface area contributed by atoms with E-state index >= 15 is 0 Å². The minimum atomic E-state index is -1.65. The number of hydrogen-bond acceptors (Lipinski definition) is 5. The van der Waals surface area contributed by atoms with Gasteiger partial charge in [0.05, 0.1) is 7.11 Å². The zero-order valence-electron chi connectivity index (χ0n) is 22.3. The molecule has 1 aromatic carbocycles. The molecule has 38 heavy (non-hydrogen) atoms. The molecule has 0 spiro atoms. The molecule has 3 aliphatic carbocycles. The summed E-state index contributed by atoms with van der Waals surface area (Å²) in [5.74, 6) is 1.42. The molecule has 6 rings (SSSR count). The van der Waals surface area contributed by atoms with Crippen LogP contribution in [0, 0.1) is 17.3 Å². The Kier molecular flexibility index (Phi) is 6.11. The number of nitrogens with zero attached hydrogens (tertiary/aromatic N) is 2. The maximum absolute atomic E-state index is 13.5. The Morgan fingerprint density at radius 2 is 1.87 bits per heavy atom. The quantitative estimate of drug-likeness (QED) is 0.392. The zero-order chi connectivity index (χ0) is 27.3. The first-order valence-corrected chi connectivity index (χ1v) is 14.6. The smallest absolute Gasteiger partial charge is 0.410 e. The van der Waals surface area contributed by atoms with Crippen LogP contribution in [0.3, 0.4) is 0 Å². The second kappa shape index (κ2) is 8.71. The van der Waals surface area contributed by atoms with Gasteiger partial charge in [-0.1, -0.05) is 40.9 Å². The van der Waals surface area contributed by atoms with Gasteiger partial charge in [-0.2, -0.15) is 0 Å². The predicted octanol–water partition coefficient (Wildman–Crippen LogP) is 6.11. The standard InChI is InChI=1S/C28H35Cl3N2O5/c1-25(2,3)38-24(35)32-10-9-27-19-12-18(36-4)6-5-16(19)11-21(32)26(27)8-7-20-22(27)17(13-26)14-33(20)23(34)37-15-28(29,30)31/h5-6,12,17,20-22H,7-11,13-15H2,1-4H3/t17-,20?,21-,22?,26-,27+/m1/s1. The van der Waals surface area contributed by atoms with Crippen LogP contribution in [0.25, 0.3) is 0 Å². The minimum absolute atomic E-state index is 0.0457.